The predicted molar refractivity (Wildman–Crippen MR) is 104 cm³/mol. The third-order valence-corrected chi connectivity index (χ3v) is 4.78. The molecule has 2 aromatic carbocycles. The van der Waals surface area contributed by atoms with E-state index >= 15 is 0 Å². The molecule has 0 aliphatic rings. The summed E-state index contributed by atoms with van der Waals surface area (Å²) >= 11 is 4.08. The number of ether oxygens (including phenoxy) is 1. The Kier molecular flexibility index (Phi) is 9.84. The average Bonchev–Trinajstić information content (AvgIpc) is 2.51. The minimum Gasteiger partial charge on any atom is -0.392 e. The van der Waals surface area contributed by atoms with Gasteiger partial charge in [0, 0.05) is 18.3 Å². The number of hydrogen-bond acceptors (Lipinski definition) is 2. The number of rotatable bonds is 5. The van der Waals surface area contributed by atoms with Crippen LogP contribution in [0.3, 0.4) is 0 Å². The Bertz CT molecular complexity index is 608. The minimum absolute atomic E-state index is 0.212. The van der Waals surface area contributed by atoms with Crippen molar-refractivity contribution in [2.24, 2.45) is 0 Å². The van der Waals surface area contributed by atoms with Crippen LogP contribution in [0.25, 0.3) is 0 Å². The standard InChI is InChI=1S/C10H10FIO.C7H6FIO/c1-2-6-13-7-8-9(11)4-3-5-10(8)12;8-6-2-1-3-7(9)5(6)4-10/h2-5H,1,6-7H2;1-3,10H,4H2. The van der Waals surface area contributed by atoms with Crippen LogP contribution in [0.1, 0.15) is 11.1 Å². The van der Waals surface area contributed by atoms with E-state index in [0.717, 1.165) is 7.14 Å². The highest BCUT2D eigenvalue weighted by atomic mass is 127. The van der Waals surface area contributed by atoms with E-state index in [1.807, 2.05) is 28.7 Å². The van der Waals surface area contributed by atoms with E-state index in [1.165, 1.54) is 12.1 Å². The van der Waals surface area contributed by atoms with Gasteiger partial charge in [-0.15, -0.1) is 6.58 Å². The van der Waals surface area contributed by atoms with Crippen LogP contribution in [-0.4, -0.2) is 11.7 Å². The maximum Gasteiger partial charge on any atom is 0.129 e. The van der Waals surface area contributed by atoms with Gasteiger partial charge in [-0.1, -0.05) is 18.2 Å². The summed E-state index contributed by atoms with van der Waals surface area (Å²) in [5.74, 6) is -0.551. The van der Waals surface area contributed by atoms with Crippen LogP contribution in [0.2, 0.25) is 0 Å². The molecule has 124 valence electrons. The smallest absolute Gasteiger partial charge is 0.129 e. The molecule has 0 atom stereocenters. The summed E-state index contributed by atoms with van der Waals surface area (Å²) < 4.78 is 32.7. The highest BCUT2D eigenvalue weighted by Gasteiger charge is 2.05. The van der Waals surface area contributed by atoms with Gasteiger partial charge in [-0.2, -0.15) is 0 Å². The second kappa shape index (κ2) is 11.1. The molecule has 1 N–H and O–H groups in total. The molecular weight excluding hydrogens is 528 g/mol. The molecule has 2 rings (SSSR count). The Balaban J connectivity index is 0.000000238. The molecule has 0 radical (unpaired) electrons. The number of halogens is 4. The summed E-state index contributed by atoms with van der Waals surface area (Å²) in [5.41, 5.74) is 0.994. The number of aliphatic hydroxyl groups excluding tert-OH is 1. The Morgan fingerprint density at radius 3 is 1.91 bits per heavy atom. The van der Waals surface area contributed by atoms with Gasteiger partial charge in [0.1, 0.15) is 11.6 Å². The lowest BCUT2D eigenvalue weighted by Gasteiger charge is -2.05. The maximum atomic E-state index is 13.2. The first-order chi connectivity index (χ1) is 11.0. The second-order valence-electron chi connectivity index (χ2n) is 4.36. The van der Waals surface area contributed by atoms with Crippen molar-refractivity contribution in [2.75, 3.05) is 6.61 Å². The van der Waals surface area contributed by atoms with E-state index in [1.54, 1.807) is 24.3 Å². The van der Waals surface area contributed by atoms with Crippen molar-refractivity contribution < 1.29 is 18.6 Å². The van der Waals surface area contributed by atoms with Gasteiger partial charge in [-0.25, -0.2) is 8.78 Å². The molecule has 0 bridgehead atoms. The molecule has 23 heavy (non-hydrogen) atoms. The van der Waals surface area contributed by atoms with Gasteiger partial charge < -0.3 is 9.84 Å². The lowest BCUT2D eigenvalue weighted by atomic mass is 10.2. The molecule has 0 saturated carbocycles. The number of benzene rings is 2. The van der Waals surface area contributed by atoms with Crippen LogP contribution in [0.15, 0.2) is 49.1 Å². The summed E-state index contributed by atoms with van der Waals surface area (Å²) in [6.07, 6.45) is 1.65. The molecule has 0 saturated heterocycles. The van der Waals surface area contributed by atoms with E-state index in [2.05, 4.69) is 29.2 Å². The van der Waals surface area contributed by atoms with E-state index in [-0.39, 0.29) is 18.2 Å². The van der Waals surface area contributed by atoms with Gasteiger partial charge in [0.15, 0.2) is 0 Å². The third kappa shape index (κ3) is 6.82. The second-order valence-corrected chi connectivity index (χ2v) is 6.69. The van der Waals surface area contributed by atoms with Gasteiger partial charge in [0.05, 0.1) is 19.8 Å². The summed E-state index contributed by atoms with van der Waals surface area (Å²) in [5, 5.41) is 8.65. The molecule has 0 aliphatic carbocycles. The Hall–Kier alpha value is -0.580. The van der Waals surface area contributed by atoms with Crippen molar-refractivity contribution in [3.63, 3.8) is 0 Å². The zero-order valence-corrected chi connectivity index (χ0v) is 16.6. The van der Waals surface area contributed by atoms with Gasteiger partial charge >= 0.3 is 0 Å². The first-order valence-corrected chi connectivity index (χ1v) is 8.82. The van der Waals surface area contributed by atoms with Crippen LogP contribution >= 0.6 is 45.2 Å². The van der Waals surface area contributed by atoms with Crippen molar-refractivity contribution in [1.82, 2.24) is 0 Å². The lowest BCUT2D eigenvalue weighted by molar-refractivity contribution is 0.145. The molecule has 0 aromatic heterocycles. The van der Waals surface area contributed by atoms with Crippen molar-refractivity contribution in [2.45, 2.75) is 13.2 Å². The van der Waals surface area contributed by atoms with Crippen molar-refractivity contribution in [3.05, 3.63) is 79.0 Å². The minimum atomic E-state index is -0.339. The largest absolute Gasteiger partial charge is 0.392 e. The van der Waals surface area contributed by atoms with E-state index < -0.39 is 0 Å². The topological polar surface area (TPSA) is 29.5 Å². The zero-order chi connectivity index (χ0) is 17.2. The SMILES string of the molecule is C=CCOCc1c(F)cccc1I.OCc1c(F)cccc1I. The highest BCUT2D eigenvalue weighted by Crippen LogP contribution is 2.16. The summed E-state index contributed by atoms with van der Waals surface area (Å²) in [4.78, 5) is 0. The fraction of sp³-hybridized carbons (Fsp3) is 0.176. The Labute approximate surface area is 161 Å². The molecule has 2 nitrogen and oxygen atoms in total. The van der Waals surface area contributed by atoms with Crippen molar-refractivity contribution in [1.29, 1.82) is 0 Å². The highest BCUT2D eigenvalue weighted by molar-refractivity contribution is 14.1. The normalized spacial score (nSPS) is 9.96. The van der Waals surface area contributed by atoms with Gasteiger partial charge in [0.25, 0.3) is 0 Å². The molecule has 0 unspecified atom stereocenters. The van der Waals surface area contributed by atoms with Crippen LogP contribution in [0, 0.1) is 18.8 Å². The summed E-state index contributed by atoms with van der Waals surface area (Å²) in [7, 11) is 0. The van der Waals surface area contributed by atoms with E-state index in [0.29, 0.717) is 24.3 Å². The molecule has 0 amide bonds. The van der Waals surface area contributed by atoms with Crippen LogP contribution < -0.4 is 0 Å². The fourth-order valence-electron chi connectivity index (χ4n) is 1.60. The van der Waals surface area contributed by atoms with E-state index in [9.17, 15) is 8.78 Å². The third-order valence-electron chi connectivity index (χ3n) is 2.76. The van der Waals surface area contributed by atoms with Crippen molar-refractivity contribution in [3.8, 4) is 0 Å². The average molecular weight is 544 g/mol. The molecule has 0 fully saturated rings. The fourth-order valence-corrected chi connectivity index (χ4v) is 2.85. The van der Waals surface area contributed by atoms with Gasteiger partial charge in [-0.05, 0) is 69.4 Å². The number of hydrogen-bond donors (Lipinski definition) is 1. The molecular formula is C17H16F2I2O2. The zero-order valence-electron chi connectivity index (χ0n) is 12.2. The lowest BCUT2D eigenvalue weighted by Crippen LogP contribution is -1.98. The van der Waals surface area contributed by atoms with Crippen LogP contribution in [0.5, 0.6) is 0 Å². The molecule has 0 aliphatic heterocycles. The van der Waals surface area contributed by atoms with Gasteiger partial charge in [-0.3, -0.25) is 0 Å². The molecule has 6 heteroatoms. The molecule has 2 aromatic rings. The first-order valence-electron chi connectivity index (χ1n) is 6.66. The summed E-state index contributed by atoms with van der Waals surface area (Å²) in [6, 6.07) is 9.71. The first kappa shape index (κ1) is 20.5. The Morgan fingerprint density at radius 1 is 1.00 bits per heavy atom. The van der Waals surface area contributed by atoms with Crippen molar-refractivity contribution >= 4 is 45.2 Å². The van der Waals surface area contributed by atoms with E-state index in [4.69, 9.17) is 9.84 Å². The predicted octanol–water partition coefficient (Wildman–Crippen LogP) is 5.06. The molecule has 0 spiro atoms. The molecule has 0 heterocycles. The Morgan fingerprint density at radius 2 is 1.52 bits per heavy atom. The monoisotopic (exact) mass is 544 g/mol. The van der Waals surface area contributed by atoms with Crippen LogP contribution in [0.4, 0.5) is 8.78 Å². The quantitative estimate of drug-likeness (QED) is 0.325. The van der Waals surface area contributed by atoms with Gasteiger partial charge in [0.2, 0.25) is 0 Å². The van der Waals surface area contributed by atoms with Crippen LogP contribution in [-0.2, 0) is 18.0 Å². The summed E-state index contributed by atoms with van der Waals surface area (Å²) in [6.45, 7) is 4.04. The maximum absolute atomic E-state index is 13.2. The number of aliphatic hydroxyl groups is 1.